The molecule has 6 heteroatoms. The summed E-state index contributed by atoms with van der Waals surface area (Å²) in [6, 6.07) is 4.29. The lowest BCUT2D eigenvalue weighted by Crippen LogP contribution is -2.38. The van der Waals surface area contributed by atoms with E-state index in [1.165, 1.54) is 12.1 Å². The van der Waals surface area contributed by atoms with Crippen LogP contribution in [0.25, 0.3) is 0 Å². The average Bonchev–Trinajstić information content (AvgIpc) is 2.36. The molecule has 0 saturated heterocycles. The highest BCUT2D eigenvalue weighted by molar-refractivity contribution is 7.90. The van der Waals surface area contributed by atoms with E-state index < -0.39 is 9.84 Å². The Bertz CT molecular complexity index is 595. The number of benzene rings is 1. The molecule has 1 rings (SSSR count). The van der Waals surface area contributed by atoms with E-state index in [2.05, 4.69) is 5.32 Å². The molecule has 1 amide bonds. The van der Waals surface area contributed by atoms with E-state index in [0.29, 0.717) is 11.1 Å². The third-order valence-corrected chi connectivity index (χ3v) is 4.49. The summed E-state index contributed by atoms with van der Waals surface area (Å²) >= 11 is 0. The van der Waals surface area contributed by atoms with Crippen molar-refractivity contribution < 1.29 is 18.3 Å². The van der Waals surface area contributed by atoms with Crippen LogP contribution in [0.5, 0.6) is 0 Å². The summed E-state index contributed by atoms with van der Waals surface area (Å²) in [5.41, 5.74) is 1.05. The van der Waals surface area contributed by atoms with E-state index in [9.17, 15) is 13.2 Å². The van der Waals surface area contributed by atoms with Gasteiger partial charge in [0.05, 0.1) is 4.90 Å². The first-order valence-corrected chi connectivity index (χ1v) is 8.28. The van der Waals surface area contributed by atoms with Gasteiger partial charge in [-0.3, -0.25) is 4.79 Å². The van der Waals surface area contributed by atoms with Crippen molar-refractivity contribution in [3.05, 3.63) is 29.3 Å². The molecule has 112 valence electrons. The first-order valence-electron chi connectivity index (χ1n) is 6.39. The van der Waals surface area contributed by atoms with Crippen molar-refractivity contribution in [2.24, 2.45) is 5.92 Å². The Morgan fingerprint density at radius 2 is 1.95 bits per heavy atom. The fourth-order valence-corrected chi connectivity index (χ4v) is 2.31. The van der Waals surface area contributed by atoms with Gasteiger partial charge in [-0.2, -0.15) is 0 Å². The standard InChI is InChI=1S/C14H21NO4S/c1-9-5-6-12(20(4,18)19)7-13(9)14(17)15-11(3)10(2)8-16/h5-7,10-11,16H,8H2,1-4H3,(H,15,17). The van der Waals surface area contributed by atoms with Gasteiger partial charge in [-0.25, -0.2) is 8.42 Å². The van der Waals surface area contributed by atoms with Crippen LogP contribution in [0.3, 0.4) is 0 Å². The summed E-state index contributed by atoms with van der Waals surface area (Å²) in [5, 5.41) is 11.8. The molecule has 0 aliphatic heterocycles. The Morgan fingerprint density at radius 3 is 2.45 bits per heavy atom. The molecule has 2 atom stereocenters. The van der Waals surface area contributed by atoms with Crippen LogP contribution in [0.1, 0.15) is 29.8 Å². The van der Waals surface area contributed by atoms with Gasteiger partial charge in [-0.1, -0.05) is 13.0 Å². The molecule has 0 aliphatic rings. The highest BCUT2D eigenvalue weighted by Crippen LogP contribution is 2.16. The zero-order valence-corrected chi connectivity index (χ0v) is 13.0. The Balaban J connectivity index is 3.04. The Labute approximate surface area is 119 Å². The van der Waals surface area contributed by atoms with Gasteiger partial charge in [0.2, 0.25) is 0 Å². The number of carbonyl (C=O) groups excluding carboxylic acids is 1. The predicted molar refractivity (Wildman–Crippen MR) is 77.5 cm³/mol. The number of carbonyl (C=O) groups is 1. The highest BCUT2D eigenvalue weighted by Gasteiger charge is 2.18. The van der Waals surface area contributed by atoms with Gasteiger partial charge in [-0.15, -0.1) is 0 Å². The van der Waals surface area contributed by atoms with Gasteiger partial charge in [0, 0.05) is 24.5 Å². The van der Waals surface area contributed by atoms with Crippen molar-refractivity contribution in [2.75, 3.05) is 12.9 Å². The number of aliphatic hydroxyl groups is 1. The minimum Gasteiger partial charge on any atom is -0.396 e. The summed E-state index contributed by atoms with van der Waals surface area (Å²) < 4.78 is 23.1. The number of aliphatic hydroxyl groups excluding tert-OH is 1. The molecule has 0 bridgehead atoms. The predicted octanol–water partition coefficient (Wildman–Crippen LogP) is 1.15. The molecule has 0 aliphatic carbocycles. The molecule has 1 aromatic rings. The van der Waals surface area contributed by atoms with E-state index in [0.717, 1.165) is 6.26 Å². The molecule has 0 fully saturated rings. The first-order chi connectivity index (χ1) is 9.16. The second-order valence-electron chi connectivity index (χ2n) is 5.17. The molecule has 0 radical (unpaired) electrons. The van der Waals surface area contributed by atoms with Crippen molar-refractivity contribution in [2.45, 2.75) is 31.7 Å². The van der Waals surface area contributed by atoms with Crippen molar-refractivity contribution in [3.63, 3.8) is 0 Å². The van der Waals surface area contributed by atoms with Crippen molar-refractivity contribution in [3.8, 4) is 0 Å². The zero-order chi connectivity index (χ0) is 15.5. The summed E-state index contributed by atoms with van der Waals surface area (Å²) in [6.45, 7) is 5.35. The maximum absolute atomic E-state index is 12.2. The largest absolute Gasteiger partial charge is 0.396 e. The summed E-state index contributed by atoms with van der Waals surface area (Å²) in [5.74, 6) is -0.404. The van der Waals surface area contributed by atoms with E-state index >= 15 is 0 Å². The van der Waals surface area contributed by atoms with Crippen LogP contribution >= 0.6 is 0 Å². The molecule has 5 nitrogen and oxygen atoms in total. The third kappa shape index (κ3) is 4.05. The number of aryl methyl sites for hydroxylation is 1. The second-order valence-corrected chi connectivity index (χ2v) is 7.19. The van der Waals surface area contributed by atoms with Crippen LogP contribution in [0.15, 0.2) is 23.1 Å². The highest BCUT2D eigenvalue weighted by atomic mass is 32.2. The Hall–Kier alpha value is -1.40. The van der Waals surface area contributed by atoms with Gasteiger partial charge in [0.1, 0.15) is 0 Å². The molecule has 0 aromatic heterocycles. The van der Waals surface area contributed by atoms with Gasteiger partial charge < -0.3 is 10.4 Å². The lowest BCUT2D eigenvalue weighted by molar-refractivity contribution is 0.0915. The monoisotopic (exact) mass is 299 g/mol. The lowest BCUT2D eigenvalue weighted by atomic mass is 10.0. The number of hydrogen-bond donors (Lipinski definition) is 2. The molecule has 20 heavy (non-hydrogen) atoms. The van der Waals surface area contributed by atoms with Gasteiger partial charge in [0.25, 0.3) is 5.91 Å². The molecular formula is C14H21NO4S. The summed E-state index contributed by atoms with van der Waals surface area (Å²) in [4.78, 5) is 12.3. The first kappa shape index (κ1) is 16.7. The Morgan fingerprint density at radius 1 is 1.35 bits per heavy atom. The quantitative estimate of drug-likeness (QED) is 0.854. The maximum Gasteiger partial charge on any atom is 0.251 e. The van der Waals surface area contributed by atoms with Crippen LogP contribution in [-0.4, -0.2) is 38.3 Å². The van der Waals surface area contributed by atoms with Gasteiger partial charge >= 0.3 is 0 Å². The van der Waals surface area contributed by atoms with Crippen molar-refractivity contribution >= 4 is 15.7 Å². The Kier molecular flexibility index (Phi) is 5.30. The summed E-state index contributed by atoms with van der Waals surface area (Å²) in [6.07, 6.45) is 1.11. The SMILES string of the molecule is Cc1ccc(S(C)(=O)=O)cc1C(=O)NC(C)C(C)CO. The summed E-state index contributed by atoms with van der Waals surface area (Å²) in [7, 11) is -3.35. The van der Waals surface area contributed by atoms with Crippen molar-refractivity contribution in [1.29, 1.82) is 0 Å². The normalized spacial score (nSPS) is 14.7. The van der Waals surface area contributed by atoms with E-state index in [1.807, 2.05) is 6.92 Å². The molecule has 0 heterocycles. The molecular weight excluding hydrogens is 278 g/mol. The number of amides is 1. The van der Waals surface area contributed by atoms with Crippen LogP contribution in [0, 0.1) is 12.8 Å². The van der Waals surface area contributed by atoms with E-state index in [1.54, 1.807) is 19.9 Å². The third-order valence-electron chi connectivity index (χ3n) is 3.38. The van der Waals surface area contributed by atoms with E-state index in [4.69, 9.17) is 5.11 Å². The number of hydrogen-bond acceptors (Lipinski definition) is 4. The minimum atomic E-state index is -3.35. The molecule has 1 aromatic carbocycles. The molecule has 2 N–H and O–H groups in total. The average molecular weight is 299 g/mol. The fraction of sp³-hybridized carbons (Fsp3) is 0.500. The maximum atomic E-state index is 12.2. The molecule has 0 spiro atoms. The number of sulfone groups is 1. The van der Waals surface area contributed by atoms with Crippen molar-refractivity contribution in [1.82, 2.24) is 5.32 Å². The minimum absolute atomic E-state index is 0.0240. The smallest absolute Gasteiger partial charge is 0.251 e. The van der Waals surface area contributed by atoms with Crippen LogP contribution in [-0.2, 0) is 9.84 Å². The molecule has 0 saturated carbocycles. The van der Waals surface area contributed by atoms with Gasteiger partial charge in [-0.05, 0) is 37.5 Å². The lowest BCUT2D eigenvalue weighted by Gasteiger charge is -2.20. The van der Waals surface area contributed by atoms with Crippen LogP contribution in [0.4, 0.5) is 0 Å². The van der Waals surface area contributed by atoms with Crippen LogP contribution in [0.2, 0.25) is 0 Å². The van der Waals surface area contributed by atoms with Crippen LogP contribution < -0.4 is 5.32 Å². The number of rotatable bonds is 5. The molecule has 2 unspecified atom stereocenters. The fourth-order valence-electron chi connectivity index (χ4n) is 1.66. The topological polar surface area (TPSA) is 83.5 Å². The zero-order valence-electron chi connectivity index (χ0n) is 12.2. The van der Waals surface area contributed by atoms with E-state index in [-0.39, 0.29) is 29.4 Å². The second kappa shape index (κ2) is 6.37. The number of nitrogens with one attached hydrogen (secondary N) is 1. The van der Waals surface area contributed by atoms with Gasteiger partial charge in [0.15, 0.2) is 9.84 Å².